The number of benzene rings is 1. The van der Waals surface area contributed by atoms with Gasteiger partial charge in [0.25, 0.3) is 0 Å². The number of nitrogens with zero attached hydrogens (tertiary/aromatic N) is 1. The van der Waals surface area contributed by atoms with Crippen LogP contribution in [0.15, 0.2) is 30.3 Å². The minimum atomic E-state index is -0.401. The van der Waals surface area contributed by atoms with Crippen molar-refractivity contribution in [2.75, 3.05) is 13.6 Å². The van der Waals surface area contributed by atoms with E-state index in [0.29, 0.717) is 0 Å². The minimum absolute atomic E-state index is 0.00746. The molecule has 3 heteroatoms. The van der Waals surface area contributed by atoms with Crippen LogP contribution in [0.4, 0.5) is 0 Å². The molecule has 16 heavy (non-hydrogen) atoms. The topological polar surface area (TPSA) is 46.3 Å². The smallest absolute Gasteiger partial charge is 0.238 e. The van der Waals surface area contributed by atoms with Crippen LogP contribution < -0.4 is 5.73 Å². The van der Waals surface area contributed by atoms with E-state index in [1.165, 1.54) is 5.56 Å². The predicted octanol–water partition coefficient (Wildman–Crippen LogP) is 1.42. The average Bonchev–Trinajstić information content (AvgIpc) is 2.29. The molecule has 88 valence electrons. The third-order valence-corrected chi connectivity index (χ3v) is 2.57. The van der Waals surface area contributed by atoms with Crippen LogP contribution in [0.25, 0.3) is 0 Å². The van der Waals surface area contributed by atoms with Crippen LogP contribution in [0.3, 0.4) is 0 Å². The van der Waals surface area contributed by atoms with Crippen molar-refractivity contribution >= 4 is 5.91 Å². The van der Waals surface area contributed by atoms with E-state index in [2.05, 4.69) is 12.1 Å². The number of nitrogens with two attached hydrogens (primary N) is 1. The van der Waals surface area contributed by atoms with Gasteiger partial charge < -0.3 is 10.6 Å². The molecule has 1 rings (SSSR count). The molecule has 1 aromatic carbocycles. The molecular formula is C13H20N2O. The number of hydrogen-bond acceptors (Lipinski definition) is 2. The molecule has 0 aliphatic carbocycles. The van der Waals surface area contributed by atoms with Crippen molar-refractivity contribution < 1.29 is 4.79 Å². The van der Waals surface area contributed by atoms with Crippen molar-refractivity contribution in [3.05, 3.63) is 35.9 Å². The maximum absolute atomic E-state index is 11.5. The Labute approximate surface area is 97.2 Å². The third kappa shape index (κ3) is 4.03. The molecule has 0 bridgehead atoms. The molecule has 0 unspecified atom stereocenters. The lowest BCUT2D eigenvalue weighted by atomic mass is 10.1. The first-order valence-electron chi connectivity index (χ1n) is 5.65. The Morgan fingerprint density at radius 2 is 2.00 bits per heavy atom. The van der Waals surface area contributed by atoms with Gasteiger partial charge in [-0.25, -0.2) is 0 Å². The second kappa shape index (κ2) is 6.28. The molecule has 0 saturated heterocycles. The standard InChI is InChI=1S/C13H20N2O/c1-11(14)13(16)15(2)10-6-9-12-7-4-3-5-8-12/h3-5,7-8,11H,6,9-10,14H2,1-2H3/t11-/m1/s1. The molecule has 0 saturated carbocycles. The number of hydrogen-bond donors (Lipinski definition) is 1. The Morgan fingerprint density at radius 1 is 1.38 bits per heavy atom. The van der Waals surface area contributed by atoms with Crippen LogP contribution in [0.5, 0.6) is 0 Å². The lowest BCUT2D eigenvalue weighted by Crippen LogP contribution is -2.40. The highest BCUT2D eigenvalue weighted by Gasteiger charge is 2.12. The van der Waals surface area contributed by atoms with E-state index in [9.17, 15) is 4.79 Å². The SMILES string of the molecule is C[C@@H](N)C(=O)N(C)CCCc1ccccc1. The maximum atomic E-state index is 11.5. The zero-order valence-corrected chi connectivity index (χ0v) is 10.0. The van der Waals surface area contributed by atoms with E-state index in [1.54, 1.807) is 18.9 Å². The van der Waals surface area contributed by atoms with Crippen LogP contribution >= 0.6 is 0 Å². The molecule has 0 spiro atoms. The van der Waals surface area contributed by atoms with Crippen LogP contribution in [0, 0.1) is 0 Å². The Hall–Kier alpha value is -1.35. The summed E-state index contributed by atoms with van der Waals surface area (Å²) >= 11 is 0. The van der Waals surface area contributed by atoms with Gasteiger partial charge in [-0.1, -0.05) is 30.3 Å². The molecule has 2 N–H and O–H groups in total. The summed E-state index contributed by atoms with van der Waals surface area (Å²) in [6.45, 7) is 2.48. The van der Waals surface area contributed by atoms with Gasteiger partial charge in [-0.15, -0.1) is 0 Å². The normalized spacial score (nSPS) is 12.2. The number of carbonyl (C=O) groups excluding carboxylic acids is 1. The van der Waals surface area contributed by atoms with Crippen LogP contribution in [-0.4, -0.2) is 30.4 Å². The van der Waals surface area contributed by atoms with Gasteiger partial charge in [-0.3, -0.25) is 4.79 Å². The van der Waals surface area contributed by atoms with Crippen LogP contribution in [-0.2, 0) is 11.2 Å². The molecular weight excluding hydrogens is 200 g/mol. The molecule has 0 fully saturated rings. The first kappa shape index (κ1) is 12.7. The first-order valence-corrected chi connectivity index (χ1v) is 5.65. The third-order valence-electron chi connectivity index (χ3n) is 2.57. The van der Waals surface area contributed by atoms with E-state index in [-0.39, 0.29) is 5.91 Å². The summed E-state index contributed by atoms with van der Waals surface area (Å²) in [4.78, 5) is 13.2. The molecule has 1 amide bonds. The Balaban J connectivity index is 2.28. The second-order valence-electron chi connectivity index (χ2n) is 4.14. The van der Waals surface area contributed by atoms with Gasteiger partial charge in [0.05, 0.1) is 6.04 Å². The highest BCUT2D eigenvalue weighted by Crippen LogP contribution is 2.03. The van der Waals surface area contributed by atoms with E-state index in [4.69, 9.17) is 5.73 Å². The number of rotatable bonds is 5. The summed E-state index contributed by atoms with van der Waals surface area (Å²) in [7, 11) is 1.80. The van der Waals surface area contributed by atoms with Gasteiger partial charge >= 0.3 is 0 Å². The lowest BCUT2D eigenvalue weighted by Gasteiger charge is -2.19. The highest BCUT2D eigenvalue weighted by molar-refractivity contribution is 5.80. The van der Waals surface area contributed by atoms with Crippen molar-refractivity contribution in [3.63, 3.8) is 0 Å². The van der Waals surface area contributed by atoms with Gasteiger partial charge in [0.15, 0.2) is 0 Å². The molecule has 1 aromatic rings. The minimum Gasteiger partial charge on any atom is -0.344 e. The van der Waals surface area contributed by atoms with Gasteiger partial charge in [0.2, 0.25) is 5.91 Å². The van der Waals surface area contributed by atoms with Crippen molar-refractivity contribution in [3.8, 4) is 0 Å². The number of likely N-dealkylation sites (N-methyl/N-ethyl adjacent to an activating group) is 1. The fourth-order valence-corrected chi connectivity index (χ4v) is 1.62. The summed E-state index contributed by atoms with van der Waals surface area (Å²) in [5.74, 6) is 0.00746. The van der Waals surface area contributed by atoms with Crippen LogP contribution in [0.2, 0.25) is 0 Å². The van der Waals surface area contributed by atoms with E-state index < -0.39 is 6.04 Å². The predicted molar refractivity (Wildman–Crippen MR) is 66.0 cm³/mol. The zero-order chi connectivity index (χ0) is 12.0. The van der Waals surface area contributed by atoms with E-state index in [0.717, 1.165) is 19.4 Å². The van der Waals surface area contributed by atoms with Gasteiger partial charge in [-0.05, 0) is 25.3 Å². The quantitative estimate of drug-likeness (QED) is 0.816. The summed E-state index contributed by atoms with van der Waals surface area (Å²) < 4.78 is 0. The molecule has 0 aliphatic heterocycles. The van der Waals surface area contributed by atoms with E-state index in [1.807, 2.05) is 18.2 Å². The Kier molecular flexibility index (Phi) is 4.99. The second-order valence-corrected chi connectivity index (χ2v) is 4.14. The summed E-state index contributed by atoms with van der Waals surface area (Å²) in [6.07, 6.45) is 1.97. The molecule has 1 atom stereocenters. The molecule has 0 radical (unpaired) electrons. The van der Waals surface area contributed by atoms with Crippen molar-refractivity contribution in [2.24, 2.45) is 5.73 Å². The van der Waals surface area contributed by atoms with Gasteiger partial charge in [0.1, 0.15) is 0 Å². The lowest BCUT2D eigenvalue weighted by molar-refractivity contribution is -0.130. The van der Waals surface area contributed by atoms with Crippen LogP contribution in [0.1, 0.15) is 18.9 Å². The van der Waals surface area contributed by atoms with E-state index >= 15 is 0 Å². The number of aryl methyl sites for hydroxylation is 1. The molecule has 0 heterocycles. The number of carbonyl (C=O) groups is 1. The zero-order valence-electron chi connectivity index (χ0n) is 10.0. The monoisotopic (exact) mass is 220 g/mol. The maximum Gasteiger partial charge on any atom is 0.238 e. The van der Waals surface area contributed by atoms with Gasteiger partial charge in [-0.2, -0.15) is 0 Å². The van der Waals surface area contributed by atoms with Crippen molar-refractivity contribution in [1.82, 2.24) is 4.90 Å². The van der Waals surface area contributed by atoms with Crippen molar-refractivity contribution in [1.29, 1.82) is 0 Å². The summed E-state index contributed by atoms with van der Waals surface area (Å²) in [5.41, 5.74) is 6.84. The number of amides is 1. The fraction of sp³-hybridized carbons (Fsp3) is 0.462. The Bertz CT molecular complexity index is 322. The summed E-state index contributed by atoms with van der Waals surface area (Å²) in [6, 6.07) is 9.88. The molecule has 3 nitrogen and oxygen atoms in total. The van der Waals surface area contributed by atoms with Crippen molar-refractivity contribution in [2.45, 2.75) is 25.8 Å². The van der Waals surface area contributed by atoms with Gasteiger partial charge in [0, 0.05) is 13.6 Å². The first-order chi connectivity index (χ1) is 7.61. The Morgan fingerprint density at radius 3 is 2.56 bits per heavy atom. The highest BCUT2D eigenvalue weighted by atomic mass is 16.2. The molecule has 0 aliphatic rings. The fourth-order valence-electron chi connectivity index (χ4n) is 1.62. The average molecular weight is 220 g/mol. The summed E-state index contributed by atoms with van der Waals surface area (Å²) in [5, 5.41) is 0. The molecule has 0 aromatic heterocycles. The largest absolute Gasteiger partial charge is 0.344 e.